The second-order valence-corrected chi connectivity index (χ2v) is 9.34. The Morgan fingerprint density at radius 1 is 1.14 bits per heavy atom. The Morgan fingerprint density at radius 2 is 1.86 bits per heavy atom. The molecule has 0 bridgehead atoms. The van der Waals surface area contributed by atoms with Crippen molar-refractivity contribution in [1.29, 1.82) is 0 Å². The molecule has 0 aromatic heterocycles. The van der Waals surface area contributed by atoms with Crippen molar-refractivity contribution in [2.45, 2.75) is 56.4 Å². The molecule has 3 aliphatic rings. The Labute approximate surface area is 133 Å². The molecule has 0 spiro atoms. The molecule has 1 saturated heterocycles. The lowest BCUT2D eigenvalue weighted by molar-refractivity contribution is 0.284. The van der Waals surface area contributed by atoms with Gasteiger partial charge >= 0.3 is 0 Å². The molecule has 4 rings (SSSR count). The number of fused-ring (bicyclic) bond motifs is 3. The highest BCUT2D eigenvalue weighted by molar-refractivity contribution is 7.90. The van der Waals surface area contributed by atoms with Gasteiger partial charge in [0.15, 0.2) is 0 Å². The van der Waals surface area contributed by atoms with Crippen LogP contribution in [-0.4, -0.2) is 43.1 Å². The standard InChI is InChI=1S/C17H24N2O2S/c1-12(2)19-16-6-4-3-5-14(16)15-11-18(10-9-17(15)19)22(20,21)13-7-8-13/h3-6,12-13,15,17H,7-11H2,1-2H3/t15-,17+/m1/s1. The number of hydrogen-bond acceptors (Lipinski definition) is 3. The minimum atomic E-state index is -3.05. The van der Waals surface area contributed by atoms with Crippen molar-refractivity contribution in [2.75, 3.05) is 18.0 Å². The van der Waals surface area contributed by atoms with Crippen LogP contribution in [0.5, 0.6) is 0 Å². The van der Waals surface area contributed by atoms with Crippen LogP contribution in [0.1, 0.15) is 44.6 Å². The van der Waals surface area contributed by atoms with E-state index in [1.807, 2.05) is 0 Å². The zero-order chi connectivity index (χ0) is 15.5. The van der Waals surface area contributed by atoms with Crippen LogP contribution in [0.25, 0.3) is 0 Å². The van der Waals surface area contributed by atoms with Crippen molar-refractivity contribution in [1.82, 2.24) is 4.31 Å². The Morgan fingerprint density at radius 3 is 2.55 bits per heavy atom. The molecule has 2 atom stereocenters. The first-order valence-electron chi connectivity index (χ1n) is 8.36. The first-order chi connectivity index (χ1) is 10.5. The lowest BCUT2D eigenvalue weighted by atomic mass is 9.90. The van der Waals surface area contributed by atoms with Crippen LogP contribution in [0, 0.1) is 0 Å². The van der Waals surface area contributed by atoms with Gasteiger partial charge in [0.25, 0.3) is 0 Å². The van der Waals surface area contributed by atoms with Gasteiger partial charge in [-0.15, -0.1) is 0 Å². The summed E-state index contributed by atoms with van der Waals surface area (Å²) in [7, 11) is -3.05. The Kier molecular flexibility index (Phi) is 3.28. The van der Waals surface area contributed by atoms with E-state index in [1.54, 1.807) is 4.31 Å². The molecule has 0 amide bonds. The fourth-order valence-electron chi connectivity index (χ4n) is 4.23. The maximum absolute atomic E-state index is 12.6. The van der Waals surface area contributed by atoms with Crippen LogP contribution in [0.4, 0.5) is 5.69 Å². The van der Waals surface area contributed by atoms with Gasteiger partial charge in [-0.05, 0) is 44.7 Å². The highest BCUT2D eigenvalue weighted by Crippen LogP contribution is 2.46. The topological polar surface area (TPSA) is 40.6 Å². The molecular formula is C17H24N2O2S. The van der Waals surface area contributed by atoms with Gasteiger partial charge in [-0.1, -0.05) is 18.2 Å². The quantitative estimate of drug-likeness (QED) is 0.859. The molecular weight excluding hydrogens is 296 g/mol. The summed E-state index contributed by atoms with van der Waals surface area (Å²) in [5.74, 6) is 0.320. The summed E-state index contributed by atoms with van der Waals surface area (Å²) in [6, 6.07) is 9.43. The third-order valence-corrected chi connectivity index (χ3v) is 7.74. The van der Waals surface area contributed by atoms with Crippen LogP contribution in [0.15, 0.2) is 24.3 Å². The summed E-state index contributed by atoms with van der Waals surface area (Å²) >= 11 is 0. The van der Waals surface area contributed by atoms with Crippen molar-refractivity contribution in [2.24, 2.45) is 0 Å². The monoisotopic (exact) mass is 320 g/mol. The van der Waals surface area contributed by atoms with E-state index in [1.165, 1.54) is 11.3 Å². The van der Waals surface area contributed by atoms with Crippen molar-refractivity contribution in [3.8, 4) is 0 Å². The molecule has 2 heterocycles. The van der Waals surface area contributed by atoms with E-state index in [2.05, 4.69) is 43.0 Å². The van der Waals surface area contributed by atoms with Crippen LogP contribution < -0.4 is 4.90 Å². The predicted octanol–water partition coefficient (Wildman–Crippen LogP) is 2.57. The van der Waals surface area contributed by atoms with E-state index >= 15 is 0 Å². The number of hydrogen-bond donors (Lipinski definition) is 0. The predicted molar refractivity (Wildman–Crippen MR) is 88.7 cm³/mol. The Hall–Kier alpha value is -1.07. The van der Waals surface area contributed by atoms with Crippen molar-refractivity contribution < 1.29 is 8.42 Å². The SMILES string of the molecule is CC(C)N1c2ccccc2[C@H]2CN(S(=O)(=O)C3CC3)CC[C@@H]21. The number of rotatable bonds is 3. The summed E-state index contributed by atoms with van der Waals surface area (Å²) in [6.45, 7) is 5.79. The molecule has 0 unspecified atom stereocenters. The fraction of sp³-hybridized carbons (Fsp3) is 0.647. The maximum Gasteiger partial charge on any atom is 0.217 e. The van der Waals surface area contributed by atoms with Crippen LogP contribution in [0.2, 0.25) is 0 Å². The molecule has 0 N–H and O–H groups in total. The highest BCUT2D eigenvalue weighted by atomic mass is 32.2. The van der Waals surface area contributed by atoms with Gasteiger partial charge in [0.1, 0.15) is 0 Å². The molecule has 4 nitrogen and oxygen atoms in total. The molecule has 2 aliphatic heterocycles. The molecule has 1 aliphatic carbocycles. The van der Waals surface area contributed by atoms with Gasteiger partial charge in [-0.25, -0.2) is 12.7 Å². The minimum Gasteiger partial charge on any atom is -0.365 e. The molecule has 120 valence electrons. The van der Waals surface area contributed by atoms with Gasteiger partial charge in [0.2, 0.25) is 10.0 Å². The van der Waals surface area contributed by atoms with Gasteiger partial charge < -0.3 is 4.90 Å². The Bertz CT molecular complexity index is 682. The second-order valence-electron chi connectivity index (χ2n) is 7.12. The smallest absolute Gasteiger partial charge is 0.217 e. The molecule has 5 heteroatoms. The van der Waals surface area contributed by atoms with Crippen LogP contribution in [0.3, 0.4) is 0 Å². The number of para-hydroxylation sites is 1. The number of nitrogens with zero attached hydrogens (tertiary/aromatic N) is 2. The van der Waals surface area contributed by atoms with Crippen LogP contribution in [-0.2, 0) is 10.0 Å². The summed E-state index contributed by atoms with van der Waals surface area (Å²) in [4.78, 5) is 2.50. The Balaban J connectivity index is 1.67. The van der Waals surface area contributed by atoms with Crippen LogP contribution >= 0.6 is 0 Å². The maximum atomic E-state index is 12.6. The van der Waals surface area contributed by atoms with Gasteiger partial charge in [0, 0.05) is 36.8 Å². The van der Waals surface area contributed by atoms with Crippen molar-refractivity contribution in [3.63, 3.8) is 0 Å². The average Bonchev–Trinajstić information content (AvgIpc) is 3.29. The lowest BCUT2D eigenvalue weighted by Crippen LogP contribution is -2.50. The molecule has 1 saturated carbocycles. The lowest BCUT2D eigenvalue weighted by Gasteiger charge is -2.40. The van der Waals surface area contributed by atoms with Gasteiger partial charge in [-0.3, -0.25) is 0 Å². The minimum absolute atomic E-state index is 0.0955. The molecule has 1 aromatic rings. The van der Waals surface area contributed by atoms with Gasteiger partial charge in [0.05, 0.1) is 5.25 Å². The van der Waals surface area contributed by atoms with E-state index in [-0.39, 0.29) is 5.25 Å². The fourth-order valence-corrected chi connectivity index (χ4v) is 6.11. The zero-order valence-electron chi connectivity index (χ0n) is 13.3. The summed E-state index contributed by atoms with van der Waals surface area (Å²) in [6.07, 6.45) is 2.63. The third kappa shape index (κ3) is 2.09. The second kappa shape index (κ2) is 4.96. The van der Waals surface area contributed by atoms with E-state index in [0.29, 0.717) is 31.1 Å². The number of anilines is 1. The van der Waals surface area contributed by atoms with E-state index in [0.717, 1.165) is 19.3 Å². The van der Waals surface area contributed by atoms with Gasteiger partial charge in [-0.2, -0.15) is 0 Å². The number of piperidine rings is 1. The summed E-state index contributed by atoms with van der Waals surface area (Å²) < 4.78 is 26.9. The first kappa shape index (κ1) is 14.5. The number of sulfonamides is 1. The summed E-state index contributed by atoms with van der Waals surface area (Å²) in [5, 5.41) is -0.0955. The number of benzene rings is 1. The molecule has 1 aromatic carbocycles. The van der Waals surface area contributed by atoms with E-state index in [9.17, 15) is 8.42 Å². The highest BCUT2D eigenvalue weighted by Gasteiger charge is 2.48. The van der Waals surface area contributed by atoms with Crippen molar-refractivity contribution in [3.05, 3.63) is 29.8 Å². The zero-order valence-corrected chi connectivity index (χ0v) is 14.1. The average molecular weight is 320 g/mol. The van der Waals surface area contributed by atoms with E-state index in [4.69, 9.17) is 0 Å². The summed E-state index contributed by atoms with van der Waals surface area (Å²) in [5.41, 5.74) is 2.63. The molecule has 0 radical (unpaired) electrons. The third-order valence-electron chi connectivity index (χ3n) is 5.37. The van der Waals surface area contributed by atoms with Crippen molar-refractivity contribution >= 4 is 15.7 Å². The first-order valence-corrected chi connectivity index (χ1v) is 9.86. The van der Waals surface area contributed by atoms with E-state index < -0.39 is 10.0 Å². The molecule has 2 fully saturated rings. The normalized spacial score (nSPS) is 28.8. The largest absolute Gasteiger partial charge is 0.365 e. The molecule has 22 heavy (non-hydrogen) atoms.